The standard InChI is InChI=1S/C21H22BrN3O3S/c1-5-25-20(27)15-11-14(22)7-8-16(15)24-21(25)29-13(3)19(26)23-17-10-12(2)6-9-18(17)28-4/h6-11,13H,5H2,1-4H3,(H,23,26). The minimum Gasteiger partial charge on any atom is -0.495 e. The average Bonchev–Trinajstić information content (AvgIpc) is 2.69. The van der Waals surface area contributed by atoms with Gasteiger partial charge >= 0.3 is 0 Å². The fourth-order valence-corrected chi connectivity index (χ4v) is 4.24. The van der Waals surface area contributed by atoms with Crippen LogP contribution in [0, 0.1) is 6.92 Å². The van der Waals surface area contributed by atoms with Crippen molar-refractivity contribution >= 4 is 50.2 Å². The van der Waals surface area contributed by atoms with E-state index in [0.29, 0.717) is 34.0 Å². The van der Waals surface area contributed by atoms with Crippen LogP contribution in [0.4, 0.5) is 5.69 Å². The molecule has 6 nitrogen and oxygen atoms in total. The molecule has 152 valence electrons. The largest absolute Gasteiger partial charge is 0.495 e. The van der Waals surface area contributed by atoms with Crippen LogP contribution < -0.4 is 15.6 Å². The molecule has 1 atom stereocenters. The maximum atomic E-state index is 12.9. The number of nitrogens with zero attached hydrogens (tertiary/aromatic N) is 2. The van der Waals surface area contributed by atoms with E-state index in [9.17, 15) is 9.59 Å². The highest BCUT2D eigenvalue weighted by molar-refractivity contribution is 9.10. The molecule has 1 unspecified atom stereocenters. The van der Waals surface area contributed by atoms with Gasteiger partial charge in [0.1, 0.15) is 5.75 Å². The molecule has 0 aliphatic rings. The number of fused-ring (bicyclic) bond motifs is 1. The van der Waals surface area contributed by atoms with E-state index in [1.54, 1.807) is 30.7 Å². The van der Waals surface area contributed by atoms with E-state index in [2.05, 4.69) is 26.2 Å². The van der Waals surface area contributed by atoms with Crippen LogP contribution in [0.25, 0.3) is 10.9 Å². The van der Waals surface area contributed by atoms with Crippen molar-refractivity contribution in [2.45, 2.75) is 37.7 Å². The van der Waals surface area contributed by atoms with Crippen LogP contribution in [0.5, 0.6) is 5.75 Å². The number of aromatic nitrogens is 2. The highest BCUT2D eigenvalue weighted by Crippen LogP contribution is 2.28. The first-order chi connectivity index (χ1) is 13.8. The third kappa shape index (κ3) is 4.64. The number of hydrogen-bond donors (Lipinski definition) is 1. The van der Waals surface area contributed by atoms with Crippen molar-refractivity contribution in [1.29, 1.82) is 0 Å². The van der Waals surface area contributed by atoms with E-state index in [4.69, 9.17) is 4.74 Å². The van der Waals surface area contributed by atoms with E-state index in [0.717, 1.165) is 10.0 Å². The first-order valence-electron chi connectivity index (χ1n) is 9.16. The number of rotatable bonds is 6. The summed E-state index contributed by atoms with van der Waals surface area (Å²) in [6.07, 6.45) is 0. The van der Waals surface area contributed by atoms with Crippen LogP contribution in [0.1, 0.15) is 19.4 Å². The van der Waals surface area contributed by atoms with Gasteiger partial charge in [0.2, 0.25) is 5.91 Å². The predicted octanol–water partition coefficient (Wildman–Crippen LogP) is 4.62. The average molecular weight is 476 g/mol. The number of anilines is 1. The van der Waals surface area contributed by atoms with Crippen LogP contribution in [0.3, 0.4) is 0 Å². The molecule has 0 saturated carbocycles. The van der Waals surface area contributed by atoms with Crippen molar-refractivity contribution in [3.63, 3.8) is 0 Å². The normalized spacial score (nSPS) is 12.0. The second-order valence-electron chi connectivity index (χ2n) is 6.56. The van der Waals surface area contributed by atoms with Crippen molar-refractivity contribution < 1.29 is 9.53 Å². The minimum absolute atomic E-state index is 0.116. The lowest BCUT2D eigenvalue weighted by Gasteiger charge is -2.16. The van der Waals surface area contributed by atoms with Gasteiger partial charge in [0.15, 0.2) is 5.16 Å². The molecule has 1 aromatic heterocycles. The van der Waals surface area contributed by atoms with Crippen molar-refractivity contribution in [1.82, 2.24) is 9.55 Å². The third-order valence-corrected chi connectivity index (χ3v) is 6.05. The van der Waals surface area contributed by atoms with Crippen LogP contribution >= 0.6 is 27.7 Å². The molecule has 1 heterocycles. The molecule has 0 bridgehead atoms. The number of nitrogens with one attached hydrogen (secondary N) is 1. The van der Waals surface area contributed by atoms with Crippen LogP contribution in [-0.2, 0) is 11.3 Å². The summed E-state index contributed by atoms with van der Waals surface area (Å²) in [6, 6.07) is 11.0. The van der Waals surface area contributed by atoms with Gasteiger partial charge in [-0.2, -0.15) is 0 Å². The Morgan fingerprint density at radius 3 is 2.76 bits per heavy atom. The Balaban J connectivity index is 1.88. The number of aryl methyl sites for hydroxylation is 1. The number of benzene rings is 2. The molecule has 0 aliphatic carbocycles. The third-order valence-electron chi connectivity index (χ3n) is 4.46. The zero-order valence-corrected chi connectivity index (χ0v) is 19.1. The highest BCUT2D eigenvalue weighted by atomic mass is 79.9. The lowest BCUT2D eigenvalue weighted by atomic mass is 10.2. The van der Waals surface area contributed by atoms with Gasteiger partial charge in [-0.05, 0) is 56.7 Å². The molecule has 29 heavy (non-hydrogen) atoms. The van der Waals surface area contributed by atoms with E-state index in [-0.39, 0.29) is 11.5 Å². The van der Waals surface area contributed by atoms with E-state index < -0.39 is 5.25 Å². The Bertz CT molecular complexity index is 1130. The summed E-state index contributed by atoms with van der Waals surface area (Å²) >= 11 is 4.66. The summed E-state index contributed by atoms with van der Waals surface area (Å²) in [6.45, 7) is 6.10. The molecule has 8 heteroatoms. The summed E-state index contributed by atoms with van der Waals surface area (Å²) in [7, 11) is 1.57. The molecule has 2 aromatic carbocycles. The highest BCUT2D eigenvalue weighted by Gasteiger charge is 2.20. The number of carbonyl (C=O) groups is 1. The molecule has 0 saturated heterocycles. The van der Waals surface area contributed by atoms with E-state index >= 15 is 0 Å². The van der Waals surface area contributed by atoms with E-state index in [1.807, 2.05) is 38.1 Å². The maximum absolute atomic E-state index is 12.9. The number of thioether (sulfide) groups is 1. The molecule has 0 fully saturated rings. The van der Waals surface area contributed by atoms with Gasteiger partial charge in [0, 0.05) is 11.0 Å². The molecule has 0 radical (unpaired) electrons. The Hall–Kier alpha value is -2.32. The zero-order chi connectivity index (χ0) is 21.1. The minimum atomic E-state index is -0.460. The fraction of sp³-hybridized carbons (Fsp3) is 0.286. The predicted molar refractivity (Wildman–Crippen MR) is 121 cm³/mol. The summed E-state index contributed by atoms with van der Waals surface area (Å²) in [5.41, 5.74) is 2.13. The van der Waals surface area contributed by atoms with E-state index in [1.165, 1.54) is 11.8 Å². The SMILES string of the molecule is CCn1c(SC(C)C(=O)Nc2cc(C)ccc2OC)nc2ccc(Br)cc2c1=O. The van der Waals surface area contributed by atoms with Gasteiger partial charge in [-0.1, -0.05) is 33.8 Å². The van der Waals surface area contributed by atoms with Gasteiger partial charge in [-0.15, -0.1) is 0 Å². The second kappa shape index (κ2) is 9.00. The van der Waals surface area contributed by atoms with Gasteiger partial charge < -0.3 is 10.1 Å². The zero-order valence-electron chi connectivity index (χ0n) is 16.7. The lowest BCUT2D eigenvalue weighted by molar-refractivity contribution is -0.115. The number of halogens is 1. The quantitative estimate of drug-likeness (QED) is 0.416. The van der Waals surface area contributed by atoms with Gasteiger partial charge in [-0.25, -0.2) is 4.98 Å². The van der Waals surface area contributed by atoms with Crippen LogP contribution in [0.15, 0.2) is 50.8 Å². The molecule has 1 amide bonds. The molecule has 1 N–H and O–H groups in total. The molecular weight excluding hydrogens is 454 g/mol. The number of ether oxygens (including phenoxy) is 1. The molecule has 3 rings (SSSR count). The molecule has 0 spiro atoms. The first-order valence-corrected chi connectivity index (χ1v) is 10.8. The Labute approximate surface area is 181 Å². The fourth-order valence-electron chi connectivity index (χ4n) is 2.91. The topological polar surface area (TPSA) is 73.2 Å². The Morgan fingerprint density at radius 2 is 2.07 bits per heavy atom. The summed E-state index contributed by atoms with van der Waals surface area (Å²) in [4.78, 5) is 30.3. The maximum Gasteiger partial charge on any atom is 0.262 e. The number of methoxy groups -OCH3 is 1. The number of carbonyl (C=O) groups excluding carboxylic acids is 1. The lowest BCUT2D eigenvalue weighted by Crippen LogP contribution is -2.26. The van der Waals surface area contributed by atoms with Crippen molar-refractivity contribution in [2.24, 2.45) is 0 Å². The summed E-state index contributed by atoms with van der Waals surface area (Å²) in [5.74, 6) is 0.410. The van der Waals surface area contributed by atoms with Gasteiger partial charge in [0.25, 0.3) is 5.56 Å². The summed E-state index contributed by atoms with van der Waals surface area (Å²) < 4.78 is 7.75. The first kappa shape index (κ1) is 21.4. The van der Waals surface area contributed by atoms with Crippen LogP contribution in [0.2, 0.25) is 0 Å². The van der Waals surface area contributed by atoms with Crippen molar-refractivity contribution in [3.8, 4) is 5.75 Å². The second-order valence-corrected chi connectivity index (χ2v) is 8.78. The molecule has 3 aromatic rings. The Morgan fingerprint density at radius 1 is 1.31 bits per heavy atom. The smallest absolute Gasteiger partial charge is 0.262 e. The summed E-state index contributed by atoms with van der Waals surface area (Å²) in [5, 5.41) is 3.52. The van der Waals surface area contributed by atoms with Crippen LogP contribution in [-0.4, -0.2) is 27.8 Å². The Kier molecular flexibility index (Phi) is 6.64. The van der Waals surface area contributed by atoms with Crippen molar-refractivity contribution in [3.05, 3.63) is 56.8 Å². The van der Waals surface area contributed by atoms with Gasteiger partial charge in [0.05, 0.1) is 29.0 Å². The molecular formula is C21H22BrN3O3S. The number of amides is 1. The molecule has 0 aliphatic heterocycles. The van der Waals surface area contributed by atoms with Gasteiger partial charge in [-0.3, -0.25) is 14.2 Å². The number of hydrogen-bond acceptors (Lipinski definition) is 5. The monoisotopic (exact) mass is 475 g/mol. The van der Waals surface area contributed by atoms with Crippen molar-refractivity contribution in [2.75, 3.05) is 12.4 Å².